The molecular weight excluding hydrogens is 1130 g/mol. The van der Waals surface area contributed by atoms with Crippen LogP contribution in [0.3, 0.4) is 0 Å². The molecule has 1 heterocycles. The molecule has 0 aliphatic carbocycles. The van der Waals surface area contributed by atoms with Crippen molar-refractivity contribution in [3.63, 3.8) is 0 Å². The molecule has 456 valence electrons. The van der Waals surface area contributed by atoms with Crippen LogP contribution in [0.2, 0.25) is 5.02 Å². The summed E-state index contributed by atoms with van der Waals surface area (Å²) >= 11 is 6.06. The van der Waals surface area contributed by atoms with Crippen LogP contribution >= 0.6 is 33.2 Å². The summed E-state index contributed by atoms with van der Waals surface area (Å²) in [6.07, 6.45) is -4.28. The molecule has 0 unspecified atom stereocenters. The maximum absolute atomic E-state index is 14.4. The van der Waals surface area contributed by atoms with Gasteiger partial charge < -0.3 is 91.4 Å². The molecule has 1 saturated heterocycles. The maximum atomic E-state index is 14.4. The van der Waals surface area contributed by atoms with Crippen molar-refractivity contribution in [3.8, 4) is 0 Å². The van der Waals surface area contributed by atoms with Crippen molar-refractivity contribution < 1.29 is 63.3 Å². The summed E-state index contributed by atoms with van der Waals surface area (Å²) < 4.78 is 0. The molecule has 10 amide bonds. The number of hydrogen-bond acceptors (Lipinski definition) is 19. The number of carbonyl (C=O) groups excluding carboxylic acids is 10. The number of rotatable bonds is 24. The lowest BCUT2D eigenvalue weighted by atomic mass is 10.00. The van der Waals surface area contributed by atoms with Crippen molar-refractivity contribution in [1.29, 1.82) is 0 Å². The van der Waals surface area contributed by atoms with Gasteiger partial charge in [-0.1, -0.05) is 89.5 Å². The predicted molar refractivity (Wildman–Crippen MR) is 309 cm³/mol. The summed E-state index contributed by atoms with van der Waals surface area (Å²) in [6.45, 7) is 3.87. The Morgan fingerprint density at radius 2 is 1.17 bits per heavy atom. The average molecular weight is 1210 g/mol. The van der Waals surface area contributed by atoms with Crippen molar-refractivity contribution in [2.24, 2.45) is 28.9 Å². The van der Waals surface area contributed by atoms with Gasteiger partial charge in [0, 0.05) is 29.5 Å². The van der Waals surface area contributed by atoms with E-state index < -0.39 is 151 Å². The molecule has 1 aliphatic rings. The molecule has 0 radical (unpaired) electrons. The van der Waals surface area contributed by atoms with E-state index in [1.165, 1.54) is 35.4 Å². The molecule has 0 spiro atoms. The monoisotopic (exact) mass is 1210 g/mol. The van der Waals surface area contributed by atoms with E-state index in [0.29, 0.717) is 16.3 Å². The fraction of sp³-hybridized carbons (Fsp3) is 0.577. The molecule has 27 nitrogen and oxygen atoms in total. The summed E-state index contributed by atoms with van der Waals surface area (Å²) in [6, 6.07) is 0.553. The zero-order chi connectivity index (χ0) is 61.1. The first-order valence-electron chi connectivity index (χ1n) is 26.8. The minimum absolute atomic E-state index is 0.0414. The Morgan fingerprint density at radius 1 is 0.646 bits per heavy atom. The maximum Gasteiger partial charge on any atom is 0.245 e. The van der Waals surface area contributed by atoms with E-state index >= 15 is 0 Å². The van der Waals surface area contributed by atoms with Crippen LogP contribution in [-0.4, -0.2) is 186 Å². The Labute approximate surface area is 489 Å². The van der Waals surface area contributed by atoms with Crippen molar-refractivity contribution in [1.82, 2.24) is 53.2 Å². The van der Waals surface area contributed by atoms with Crippen LogP contribution in [0.25, 0.3) is 0 Å². The van der Waals surface area contributed by atoms with Gasteiger partial charge in [-0.25, -0.2) is 0 Å². The number of halogens is 1. The fourth-order valence-electron chi connectivity index (χ4n) is 8.13. The van der Waals surface area contributed by atoms with Gasteiger partial charge in [-0.05, 0) is 94.8 Å². The van der Waals surface area contributed by atoms with E-state index in [4.69, 9.17) is 34.5 Å². The quantitative estimate of drug-likeness (QED) is 0.0348. The van der Waals surface area contributed by atoms with E-state index in [-0.39, 0.29) is 63.4 Å². The molecule has 2 aromatic rings. The highest BCUT2D eigenvalue weighted by Crippen LogP contribution is 2.27. The van der Waals surface area contributed by atoms with Crippen molar-refractivity contribution in [3.05, 3.63) is 70.7 Å². The van der Waals surface area contributed by atoms with Crippen LogP contribution in [0.5, 0.6) is 0 Å². The molecule has 0 aromatic heterocycles. The highest BCUT2D eigenvalue weighted by molar-refractivity contribution is 8.76. The van der Waals surface area contributed by atoms with Gasteiger partial charge in [-0.15, -0.1) is 0 Å². The zero-order valence-corrected chi connectivity index (χ0v) is 48.7. The number of carbonyl (C=O) groups is 10. The van der Waals surface area contributed by atoms with Gasteiger partial charge in [0.2, 0.25) is 59.1 Å². The topological polar surface area (TPSA) is 456 Å². The van der Waals surface area contributed by atoms with Crippen molar-refractivity contribution in [2.75, 3.05) is 38.5 Å². The molecular formula is C52H81ClN14O13S2. The van der Waals surface area contributed by atoms with E-state index in [9.17, 15) is 63.3 Å². The normalized spacial score (nSPS) is 22.9. The van der Waals surface area contributed by atoms with Crippen LogP contribution in [-0.2, 0) is 60.1 Å². The van der Waals surface area contributed by atoms with Crippen LogP contribution in [0.15, 0.2) is 54.6 Å². The third kappa shape index (κ3) is 24.0. The number of aliphatic hydroxyl groups is 3. The summed E-state index contributed by atoms with van der Waals surface area (Å²) in [7, 11) is 2.67. The molecule has 2 aromatic carbocycles. The summed E-state index contributed by atoms with van der Waals surface area (Å²) in [4.78, 5) is 139. The SMILES string of the molecule is CC(C)C[C@@H]1NC(=O)[C@@H](Cc2ccccc2)NC(=O)[C@H](CCN)NC(=O)[C@@H](NC(=O)[C@@H](CO)NC(=O)[C@@H](NC(=O)[C@H](N)CSSCc2cccc(Cl)c2)[C@@H](C)O)CCNC(=O)[C@H]([C@@H](C)O)NC(=O)[C@H](CCN)NC(=O)[C@H](CCN)NC1=O. The molecule has 1 aliphatic heterocycles. The third-order valence-electron chi connectivity index (χ3n) is 12.6. The average Bonchev–Trinajstić information content (AvgIpc) is 3.42. The van der Waals surface area contributed by atoms with E-state index in [0.717, 1.165) is 5.56 Å². The minimum Gasteiger partial charge on any atom is -0.394 e. The smallest absolute Gasteiger partial charge is 0.245 e. The van der Waals surface area contributed by atoms with Crippen molar-refractivity contribution in [2.45, 2.75) is 145 Å². The van der Waals surface area contributed by atoms with E-state index in [2.05, 4.69) is 53.2 Å². The first-order chi connectivity index (χ1) is 38.9. The second kappa shape index (κ2) is 36.4. The first kappa shape index (κ1) is 70.1. The van der Waals surface area contributed by atoms with Gasteiger partial charge >= 0.3 is 0 Å². The van der Waals surface area contributed by atoms with Gasteiger partial charge in [0.1, 0.15) is 54.4 Å². The Balaban J connectivity index is 2.01. The van der Waals surface area contributed by atoms with Crippen molar-refractivity contribution >= 4 is 92.3 Å². The van der Waals surface area contributed by atoms with Crippen LogP contribution < -0.4 is 76.1 Å². The number of aliphatic hydroxyl groups excluding tert-OH is 3. The molecule has 82 heavy (non-hydrogen) atoms. The number of nitrogens with one attached hydrogen (secondary N) is 10. The first-order valence-corrected chi connectivity index (χ1v) is 29.7. The largest absolute Gasteiger partial charge is 0.394 e. The molecule has 3 rings (SSSR count). The number of nitrogens with two attached hydrogens (primary N) is 4. The molecule has 21 N–H and O–H groups in total. The molecule has 0 saturated carbocycles. The summed E-state index contributed by atoms with van der Waals surface area (Å²) in [5.74, 6) is -9.23. The second-order valence-electron chi connectivity index (χ2n) is 20.0. The Morgan fingerprint density at radius 3 is 1.71 bits per heavy atom. The number of benzene rings is 2. The highest BCUT2D eigenvalue weighted by Gasteiger charge is 2.37. The minimum atomic E-state index is -1.86. The Kier molecular flexibility index (Phi) is 31.2. The molecule has 30 heteroatoms. The summed E-state index contributed by atoms with van der Waals surface area (Å²) in [5, 5.41) is 57.2. The highest BCUT2D eigenvalue weighted by atomic mass is 35.5. The Bertz CT molecular complexity index is 2450. The number of amides is 10. The fourth-order valence-corrected chi connectivity index (χ4v) is 10.5. The van der Waals surface area contributed by atoms with Gasteiger partial charge in [0.25, 0.3) is 0 Å². The van der Waals surface area contributed by atoms with Gasteiger partial charge in [0.05, 0.1) is 24.9 Å². The molecule has 0 bridgehead atoms. The molecule has 12 atom stereocenters. The van der Waals surface area contributed by atoms with Gasteiger partial charge in [0.15, 0.2) is 0 Å². The van der Waals surface area contributed by atoms with E-state index in [1.807, 2.05) is 6.07 Å². The van der Waals surface area contributed by atoms with Crippen LogP contribution in [0.1, 0.15) is 70.9 Å². The van der Waals surface area contributed by atoms with Crippen LogP contribution in [0.4, 0.5) is 0 Å². The lowest BCUT2D eigenvalue weighted by Crippen LogP contribution is -2.62. The standard InChI is InChI=1S/C52H81ClN14O13S2/c1-27(2)21-38-48(76)61-34(13-17-54)44(72)60-36(15-19-56)47(75)67-41(28(3)69)51(79)58-20-16-37(46(74)59-35(14-18-55)45(73)64-39(49(77)63-38)23-30-9-6-5-7-10-30)62-50(78)40(24-68)65-52(80)42(29(4)70)66-43(71)33(57)26-82-81-25-31-11-8-12-32(53)22-31/h5-12,22,27-29,33-42,68-70H,13-21,23-26,54-57H2,1-4H3,(H,58,79)(H,59,74)(H,60,72)(H,61,76)(H,62,78)(H,63,77)(H,64,73)(H,65,80)(H,66,71)(H,67,75)/t28-,29-,33-,34+,35+,36+,37+,38+,39-,40-,41+,42+/m1/s1. The Hall–Kier alpha value is -6.15. The number of hydrogen-bond donors (Lipinski definition) is 17. The lowest BCUT2D eigenvalue weighted by molar-refractivity contribution is -0.137. The van der Waals surface area contributed by atoms with E-state index in [1.54, 1.807) is 62.4 Å². The van der Waals surface area contributed by atoms with Gasteiger partial charge in [-0.2, -0.15) is 0 Å². The van der Waals surface area contributed by atoms with Gasteiger partial charge in [-0.3, -0.25) is 47.9 Å². The summed E-state index contributed by atoms with van der Waals surface area (Å²) in [5.41, 5.74) is 25.2. The van der Waals surface area contributed by atoms with Crippen LogP contribution in [0, 0.1) is 5.92 Å². The predicted octanol–water partition coefficient (Wildman–Crippen LogP) is -4.48. The zero-order valence-electron chi connectivity index (χ0n) is 46.3. The molecule has 1 fully saturated rings. The second-order valence-corrected chi connectivity index (χ2v) is 22.9. The third-order valence-corrected chi connectivity index (χ3v) is 15.2. The lowest BCUT2D eigenvalue weighted by Gasteiger charge is -2.28.